The van der Waals surface area contributed by atoms with E-state index in [0.717, 1.165) is 47.0 Å². The van der Waals surface area contributed by atoms with Gasteiger partial charge in [-0.05, 0) is 43.4 Å². The Hall–Kier alpha value is -3.33. The van der Waals surface area contributed by atoms with E-state index >= 15 is 0 Å². The molecular formula is C25H29N5O3. The van der Waals surface area contributed by atoms with Gasteiger partial charge in [-0.15, -0.1) is 0 Å². The Morgan fingerprint density at radius 1 is 1.06 bits per heavy atom. The molecular weight excluding hydrogens is 418 g/mol. The lowest BCUT2D eigenvalue weighted by Gasteiger charge is -2.19. The van der Waals surface area contributed by atoms with Crippen molar-refractivity contribution in [1.82, 2.24) is 19.9 Å². The van der Waals surface area contributed by atoms with Crippen molar-refractivity contribution >= 4 is 11.6 Å². The van der Waals surface area contributed by atoms with Gasteiger partial charge in [0.05, 0.1) is 31.2 Å². The summed E-state index contributed by atoms with van der Waals surface area (Å²) in [6.07, 6.45) is 7.68. The van der Waals surface area contributed by atoms with E-state index in [4.69, 9.17) is 19.2 Å². The molecule has 0 fully saturated rings. The molecule has 0 aliphatic carbocycles. The van der Waals surface area contributed by atoms with E-state index < -0.39 is 0 Å². The average molecular weight is 448 g/mol. The zero-order chi connectivity index (χ0) is 22.9. The summed E-state index contributed by atoms with van der Waals surface area (Å²) in [5.41, 5.74) is 4.61. The molecule has 0 spiro atoms. The molecule has 172 valence electrons. The van der Waals surface area contributed by atoms with Crippen LogP contribution < -0.4 is 10.1 Å². The number of rotatable bonds is 4. The van der Waals surface area contributed by atoms with E-state index in [1.165, 1.54) is 0 Å². The third-order valence-electron chi connectivity index (χ3n) is 5.12. The first-order valence-corrected chi connectivity index (χ1v) is 10.9. The number of hydrogen-bond acceptors (Lipinski definition) is 8. The monoisotopic (exact) mass is 447 g/mol. The van der Waals surface area contributed by atoms with Gasteiger partial charge in [-0.3, -0.25) is 9.88 Å². The van der Waals surface area contributed by atoms with Crippen LogP contribution in [0.2, 0.25) is 0 Å². The summed E-state index contributed by atoms with van der Waals surface area (Å²) in [4.78, 5) is 15.7. The number of ether oxygens (including phenoxy) is 3. The summed E-state index contributed by atoms with van der Waals surface area (Å²) in [5.74, 6) is 1.36. The fourth-order valence-electron chi connectivity index (χ4n) is 3.49. The molecule has 1 aliphatic rings. The lowest BCUT2D eigenvalue weighted by molar-refractivity contribution is 0.145. The number of methoxy groups -OCH3 is 1. The normalized spacial score (nSPS) is 15.7. The second-order valence-electron chi connectivity index (χ2n) is 7.77. The molecule has 0 saturated heterocycles. The number of hydrogen-bond donors (Lipinski definition) is 1. The van der Waals surface area contributed by atoms with Gasteiger partial charge in [0.2, 0.25) is 5.95 Å². The van der Waals surface area contributed by atoms with Gasteiger partial charge < -0.3 is 19.5 Å². The molecule has 0 radical (unpaired) electrons. The van der Waals surface area contributed by atoms with Gasteiger partial charge in [-0.1, -0.05) is 12.2 Å². The Bertz CT molecular complexity index is 1090. The smallest absolute Gasteiger partial charge is 0.227 e. The van der Waals surface area contributed by atoms with Gasteiger partial charge in [0, 0.05) is 49.4 Å². The minimum atomic E-state index is 0.441. The number of nitrogens with one attached hydrogen (secondary N) is 1. The number of nitrogens with zero attached hydrogens (tertiary/aromatic N) is 4. The fraction of sp³-hybridized carbons (Fsp3) is 0.320. The Morgan fingerprint density at radius 2 is 1.97 bits per heavy atom. The van der Waals surface area contributed by atoms with Gasteiger partial charge in [0.1, 0.15) is 12.4 Å². The number of aromatic nitrogens is 3. The van der Waals surface area contributed by atoms with Gasteiger partial charge >= 0.3 is 0 Å². The Morgan fingerprint density at radius 3 is 2.88 bits per heavy atom. The van der Waals surface area contributed by atoms with Crippen LogP contribution in [0.1, 0.15) is 11.3 Å². The lowest BCUT2D eigenvalue weighted by Crippen LogP contribution is -2.19. The van der Waals surface area contributed by atoms with Crippen LogP contribution in [0.3, 0.4) is 0 Å². The lowest BCUT2D eigenvalue weighted by atomic mass is 10.1. The van der Waals surface area contributed by atoms with E-state index in [1.807, 2.05) is 36.4 Å². The maximum absolute atomic E-state index is 5.96. The highest BCUT2D eigenvalue weighted by Gasteiger charge is 2.11. The largest absolute Gasteiger partial charge is 0.491 e. The Labute approximate surface area is 194 Å². The van der Waals surface area contributed by atoms with Gasteiger partial charge in [-0.25, -0.2) is 9.97 Å². The number of pyridine rings is 1. The molecule has 33 heavy (non-hydrogen) atoms. The van der Waals surface area contributed by atoms with Crippen molar-refractivity contribution < 1.29 is 14.2 Å². The maximum Gasteiger partial charge on any atom is 0.227 e. The summed E-state index contributed by atoms with van der Waals surface area (Å²) in [6.45, 7) is 3.51. The van der Waals surface area contributed by atoms with E-state index in [2.05, 4.69) is 39.4 Å². The fourth-order valence-corrected chi connectivity index (χ4v) is 3.49. The predicted molar refractivity (Wildman–Crippen MR) is 127 cm³/mol. The van der Waals surface area contributed by atoms with Crippen molar-refractivity contribution in [2.75, 3.05) is 45.8 Å². The molecule has 3 aromatic rings. The van der Waals surface area contributed by atoms with Crippen LogP contribution in [0, 0.1) is 0 Å². The molecule has 0 saturated carbocycles. The summed E-state index contributed by atoms with van der Waals surface area (Å²) >= 11 is 0. The van der Waals surface area contributed by atoms with Gasteiger partial charge in [0.25, 0.3) is 0 Å². The highest BCUT2D eigenvalue weighted by atomic mass is 16.5. The van der Waals surface area contributed by atoms with E-state index in [0.29, 0.717) is 32.4 Å². The first-order valence-electron chi connectivity index (χ1n) is 10.9. The zero-order valence-electron chi connectivity index (χ0n) is 19.0. The standard InChI is InChI=1S/C25H29N5O3/c1-30-11-3-4-12-32-18-22-15-19(7-9-26-22)23-8-10-27-25(29-23)28-21-5-6-24(20(16-21)17-30)33-14-13-31-2/h3-10,15-16H,11-14,17-18H2,1-2H3,(H,27,28,29)/b4-3+. The molecule has 0 amide bonds. The molecule has 4 rings (SSSR count). The van der Waals surface area contributed by atoms with E-state index in [-0.39, 0.29) is 0 Å². The van der Waals surface area contributed by atoms with Crippen LogP contribution in [0.4, 0.5) is 11.6 Å². The molecule has 3 heterocycles. The minimum absolute atomic E-state index is 0.441. The van der Waals surface area contributed by atoms with Crippen LogP contribution in [0.15, 0.2) is 60.9 Å². The third-order valence-corrected chi connectivity index (χ3v) is 5.12. The van der Waals surface area contributed by atoms with Crippen LogP contribution in [-0.2, 0) is 22.6 Å². The highest BCUT2D eigenvalue weighted by molar-refractivity contribution is 5.63. The van der Waals surface area contributed by atoms with Crippen LogP contribution in [0.25, 0.3) is 11.3 Å². The van der Waals surface area contributed by atoms with Crippen molar-refractivity contribution in [1.29, 1.82) is 0 Å². The first-order chi connectivity index (χ1) is 16.2. The number of fused-ring (bicyclic) bond motifs is 7. The molecule has 6 bridgehead atoms. The molecule has 8 heteroatoms. The van der Waals surface area contributed by atoms with Crippen LogP contribution in [-0.4, -0.2) is 60.4 Å². The van der Waals surface area contributed by atoms with Crippen LogP contribution in [0.5, 0.6) is 5.75 Å². The highest BCUT2D eigenvalue weighted by Crippen LogP contribution is 2.26. The Kier molecular flexibility index (Phi) is 7.97. The van der Waals surface area contributed by atoms with E-state index in [9.17, 15) is 0 Å². The predicted octanol–water partition coefficient (Wildman–Crippen LogP) is 3.83. The van der Waals surface area contributed by atoms with Crippen molar-refractivity contribution in [2.45, 2.75) is 13.2 Å². The summed E-state index contributed by atoms with van der Waals surface area (Å²) in [6, 6.07) is 11.9. The third kappa shape index (κ3) is 6.58. The Balaban J connectivity index is 1.65. The zero-order valence-corrected chi connectivity index (χ0v) is 19.0. The SMILES string of the molecule is COCCOc1ccc2cc1CN(C)C/C=C/COCc1cc(ccn1)-c1ccnc(n1)N2. The quantitative estimate of drug-likeness (QED) is 0.477. The first kappa shape index (κ1) is 22.8. The van der Waals surface area contributed by atoms with E-state index in [1.54, 1.807) is 19.5 Å². The molecule has 1 aliphatic heterocycles. The second kappa shape index (κ2) is 11.5. The van der Waals surface area contributed by atoms with Crippen molar-refractivity contribution in [3.63, 3.8) is 0 Å². The molecule has 2 aromatic heterocycles. The molecule has 1 aromatic carbocycles. The molecule has 0 unspecified atom stereocenters. The topological polar surface area (TPSA) is 81.6 Å². The van der Waals surface area contributed by atoms with Gasteiger partial charge in [-0.2, -0.15) is 0 Å². The maximum atomic E-state index is 5.96. The molecule has 1 N–H and O–H groups in total. The van der Waals surface area contributed by atoms with Crippen molar-refractivity contribution in [3.05, 3.63) is 72.2 Å². The number of likely N-dealkylation sites (N-methyl/N-ethyl adjacent to an activating group) is 1. The number of anilines is 2. The number of benzene rings is 1. The van der Waals surface area contributed by atoms with Crippen molar-refractivity contribution in [3.8, 4) is 17.0 Å². The molecule has 0 atom stereocenters. The van der Waals surface area contributed by atoms with Gasteiger partial charge in [0.15, 0.2) is 0 Å². The minimum Gasteiger partial charge on any atom is -0.491 e. The summed E-state index contributed by atoms with van der Waals surface area (Å²) < 4.78 is 16.9. The molecule has 8 nitrogen and oxygen atoms in total. The van der Waals surface area contributed by atoms with Crippen molar-refractivity contribution in [2.24, 2.45) is 0 Å². The van der Waals surface area contributed by atoms with Crippen LogP contribution >= 0.6 is 0 Å². The summed E-state index contributed by atoms with van der Waals surface area (Å²) in [5, 5.41) is 3.33. The second-order valence-corrected chi connectivity index (χ2v) is 7.77. The average Bonchev–Trinajstić information content (AvgIpc) is 2.82. The summed E-state index contributed by atoms with van der Waals surface area (Å²) in [7, 11) is 3.74.